The third-order valence-electron chi connectivity index (χ3n) is 10.5. The van der Waals surface area contributed by atoms with Gasteiger partial charge in [-0.3, -0.25) is 9.13 Å². The average Bonchev–Trinajstić information content (AvgIpc) is 3.99. The fraction of sp³-hybridized carbons (Fsp3) is 0.300. The lowest BCUT2D eigenvalue weighted by molar-refractivity contribution is 0.311. The van der Waals surface area contributed by atoms with E-state index in [-0.39, 0.29) is 30.7 Å². The Morgan fingerprint density at radius 1 is 0.686 bits per heavy atom. The van der Waals surface area contributed by atoms with Crippen LogP contribution in [0, 0.1) is 5.92 Å². The zero-order chi connectivity index (χ0) is 34.8. The van der Waals surface area contributed by atoms with E-state index in [4.69, 9.17) is 23.2 Å². The van der Waals surface area contributed by atoms with E-state index in [1.165, 1.54) is 18.4 Å². The molecule has 2 unspecified atom stereocenters. The molecule has 0 amide bonds. The summed E-state index contributed by atoms with van der Waals surface area (Å²) in [5.74, 6) is 2.55. The third-order valence-corrected chi connectivity index (χ3v) is 11.1. The zero-order valence-electron chi connectivity index (χ0n) is 27.8. The summed E-state index contributed by atoms with van der Waals surface area (Å²) in [5.41, 5.74) is 5.24. The molecular formula is C40H36Cl2N6O3. The van der Waals surface area contributed by atoms with E-state index in [9.17, 15) is 14.7 Å². The molecule has 3 saturated carbocycles. The minimum Gasteiger partial charge on any atom is -0.395 e. The van der Waals surface area contributed by atoms with Gasteiger partial charge in [0.15, 0.2) is 0 Å². The summed E-state index contributed by atoms with van der Waals surface area (Å²) >= 11 is 13.5. The predicted octanol–water partition coefficient (Wildman–Crippen LogP) is 7.77. The van der Waals surface area contributed by atoms with Gasteiger partial charge in [-0.25, -0.2) is 9.59 Å². The summed E-state index contributed by atoms with van der Waals surface area (Å²) in [5, 5.41) is 18.6. The maximum Gasteiger partial charge on any atom is 0.354 e. The van der Waals surface area contributed by atoms with Crippen molar-refractivity contribution in [1.29, 1.82) is 0 Å². The van der Waals surface area contributed by atoms with E-state index in [0.29, 0.717) is 44.9 Å². The maximum absolute atomic E-state index is 13.7. The Hall–Kier alpha value is -4.70. The van der Waals surface area contributed by atoms with Gasteiger partial charge >= 0.3 is 11.4 Å². The lowest BCUT2D eigenvalue weighted by atomic mass is 10.0. The Kier molecular flexibility index (Phi) is 8.10. The second-order valence-electron chi connectivity index (χ2n) is 14.1. The number of hydrogen-bond acceptors (Lipinski definition) is 7. The molecule has 6 aromatic rings. The number of aliphatic hydroxyl groups excluding tert-OH is 1. The van der Waals surface area contributed by atoms with Crippen LogP contribution in [-0.2, 0) is 0 Å². The first-order chi connectivity index (χ1) is 24.9. The number of halogens is 2. The number of aliphatic hydroxyl groups is 1. The van der Waals surface area contributed by atoms with E-state index in [1.807, 2.05) is 42.5 Å². The minimum atomic E-state index is -0.436. The fourth-order valence-corrected chi connectivity index (χ4v) is 7.78. The normalized spacial score (nSPS) is 18.3. The molecule has 9 rings (SSSR count). The molecule has 258 valence electrons. The summed E-state index contributed by atoms with van der Waals surface area (Å²) in [7, 11) is 0. The molecule has 0 bridgehead atoms. The first-order valence-corrected chi connectivity index (χ1v) is 18.4. The highest BCUT2D eigenvalue weighted by Gasteiger charge is 2.40. The van der Waals surface area contributed by atoms with Crippen molar-refractivity contribution in [2.45, 2.75) is 49.9 Å². The summed E-state index contributed by atoms with van der Waals surface area (Å²) in [6.07, 6.45) is 5.56. The van der Waals surface area contributed by atoms with E-state index < -0.39 is 5.69 Å². The van der Waals surface area contributed by atoms with E-state index in [0.717, 1.165) is 58.7 Å². The average molecular weight is 720 g/mol. The van der Waals surface area contributed by atoms with Crippen LogP contribution in [0.25, 0.3) is 33.2 Å². The smallest absolute Gasteiger partial charge is 0.354 e. The number of rotatable bonds is 11. The molecule has 9 nitrogen and oxygen atoms in total. The molecule has 0 aliphatic heterocycles. The van der Waals surface area contributed by atoms with E-state index in [2.05, 4.69) is 50.9 Å². The molecule has 2 aromatic heterocycles. The lowest BCUT2D eigenvalue weighted by Gasteiger charge is -2.17. The summed E-state index contributed by atoms with van der Waals surface area (Å²) in [6.45, 7) is 1.00. The van der Waals surface area contributed by atoms with Crippen LogP contribution < -0.4 is 22.0 Å². The number of fused-ring (bicyclic) bond motifs is 2. The van der Waals surface area contributed by atoms with Crippen LogP contribution in [-0.4, -0.2) is 43.9 Å². The van der Waals surface area contributed by atoms with Gasteiger partial charge in [0.25, 0.3) is 0 Å². The van der Waals surface area contributed by atoms with Crippen molar-refractivity contribution in [3.63, 3.8) is 0 Å². The first-order valence-electron chi connectivity index (χ1n) is 17.6. The zero-order valence-corrected chi connectivity index (χ0v) is 29.3. The quantitative estimate of drug-likeness (QED) is 0.125. The Bertz CT molecular complexity index is 2470. The van der Waals surface area contributed by atoms with Crippen LogP contribution in [0.15, 0.2) is 88.5 Å². The molecule has 3 aliphatic rings. The fourth-order valence-electron chi connectivity index (χ4n) is 7.36. The summed E-state index contributed by atoms with van der Waals surface area (Å²) < 4.78 is 3.23. The highest BCUT2D eigenvalue weighted by atomic mass is 35.5. The molecule has 2 heterocycles. The molecular weight excluding hydrogens is 683 g/mol. The van der Waals surface area contributed by atoms with Crippen molar-refractivity contribution in [1.82, 2.24) is 19.1 Å². The van der Waals surface area contributed by atoms with Crippen molar-refractivity contribution in [2.24, 2.45) is 5.92 Å². The largest absolute Gasteiger partial charge is 0.395 e. The van der Waals surface area contributed by atoms with Gasteiger partial charge in [0.05, 0.1) is 39.1 Å². The van der Waals surface area contributed by atoms with Crippen molar-refractivity contribution in [2.75, 3.05) is 30.3 Å². The molecule has 0 saturated heterocycles. The maximum atomic E-state index is 13.7. The number of nitrogens with zero attached hydrogens (tertiary/aromatic N) is 4. The predicted molar refractivity (Wildman–Crippen MR) is 204 cm³/mol. The highest BCUT2D eigenvalue weighted by molar-refractivity contribution is 6.32. The first kappa shape index (κ1) is 32.2. The number of aromatic nitrogens is 4. The van der Waals surface area contributed by atoms with Crippen LogP contribution in [0.2, 0.25) is 10.0 Å². The molecule has 51 heavy (non-hydrogen) atoms. The van der Waals surface area contributed by atoms with Gasteiger partial charge in [-0.15, -0.1) is 0 Å². The summed E-state index contributed by atoms with van der Waals surface area (Å²) in [6, 6.07) is 25.7. The molecule has 0 radical (unpaired) electrons. The molecule has 11 heteroatoms. The van der Waals surface area contributed by atoms with Gasteiger partial charge in [0.2, 0.25) is 0 Å². The molecule has 3 fully saturated rings. The van der Waals surface area contributed by atoms with Crippen molar-refractivity contribution >= 4 is 56.6 Å². The minimum absolute atomic E-state index is 0.0759. The van der Waals surface area contributed by atoms with Gasteiger partial charge < -0.3 is 15.7 Å². The number of nitrogens with one attached hydrogen (secondary N) is 2. The highest BCUT2D eigenvalue weighted by Crippen LogP contribution is 2.55. The second kappa shape index (κ2) is 12.8. The van der Waals surface area contributed by atoms with Gasteiger partial charge in [0, 0.05) is 23.9 Å². The van der Waals surface area contributed by atoms with Crippen molar-refractivity contribution in [3.8, 4) is 11.4 Å². The Morgan fingerprint density at radius 2 is 1.27 bits per heavy atom. The third kappa shape index (κ3) is 6.07. The number of anilines is 2. The van der Waals surface area contributed by atoms with Crippen LogP contribution in [0.3, 0.4) is 0 Å². The van der Waals surface area contributed by atoms with Crippen LogP contribution in [0.1, 0.15) is 66.5 Å². The molecule has 4 aromatic carbocycles. The van der Waals surface area contributed by atoms with Crippen molar-refractivity contribution < 1.29 is 5.11 Å². The van der Waals surface area contributed by atoms with E-state index in [1.54, 1.807) is 15.2 Å². The number of benzene rings is 4. The van der Waals surface area contributed by atoms with Gasteiger partial charge in [-0.2, -0.15) is 9.97 Å². The lowest BCUT2D eigenvalue weighted by Crippen LogP contribution is -2.24. The topological polar surface area (TPSA) is 114 Å². The molecule has 0 spiro atoms. The molecule has 3 N–H and O–H groups in total. The number of hydrogen-bond donors (Lipinski definition) is 3. The molecule has 2 atom stereocenters. The van der Waals surface area contributed by atoms with Crippen LogP contribution in [0.5, 0.6) is 0 Å². The monoisotopic (exact) mass is 718 g/mol. The van der Waals surface area contributed by atoms with E-state index >= 15 is 0 Å². The van der Waals surface area contributed by atoms with Gasteiger partial charge in [-0.1, -0.05) is 53.5 Å². The Balaban J connectivity index is 1.11. The van der Waals surface area contributed by atoms with Crippen molar-refractivity contribution in [3.05, 3.63) is 127 Å². The Morgan fingerprint density at radius 3 is 1.94 bits per heavy atom. The van der Waals surface area contributed by atoms with Gasteiger partial charge in [-0.05, 0) is 121 Å². The Labute approximate surface area is 303 Å². The van der Waals surface area contributed by atoms with Gasteiger partial charge in [0.1, 0.15) is 11.6 Å². The van der Waals surface area contributed by atoms with Crippen LogP contribution >= 0.6 is 23.2 Å². The molecule has 3 aliphatic carbocycles. The van der Waals surface area contributed by atoms with Crippen LogP contribution in [0.4, 0.5) is 11.6 Å². The number of para-hydroxylation sites is 1. The SMILES string of the molecule is O=c1nc(NCCO)c2ccc(C3CC3)cc2n1-c1cc(C2CC2c2ccc3c(NCC4CC4)nc(=O)n(-c4ccccc4Cl)c3c2)ccc1Cl. The standard InChI is InChI=1S/C40H36Cl2N6O3/c41-31-3-1-2-4-33(31)47-35-18-25(10-13-28(35)38(46-39(47)50)44-21-22-5-6-22)29-20-30(29)26-11-14-32(42)36(19-26)48-34-17-24(23-7-8-23)9-12-27(34)37(43-15-16-49)45-40(48)51/h1-4,9-14,17-19,22-23,29-30,49H,5-8,15-16,20-21H2,(H,43,45,51)(H,44,46,50). The second-order valence-corrected chi connectivity index (χ2v) is 14.9. The summed E-state index contributed by atoms with van der Waals surface area (Å²) in [4.78, 5) is 36.2.